The van der Waals surface area contributed by atoms with E-state index in [0.717, 1.165) is 11.3 Å². The number of hydrogen-bond acceptors (Lipinski definition) is 7. The van der Waals surface area contributed by atoms with Gasteiger partial charge in [0, 0.05) is 11.6 Å². The molecule has 0 radical (unpaired) electrons. The normalized spacial score (nSPS) is 15.8. The highest BCUT2D eigenvalue weighted by Crippen LogP contribution is 2.36. The second-order valence-corrected chi connectivity index (χ2v) is 8.59. The van der Waals surface area contributed by atoms with Gasteiger partial charge >= 0.3 is 5.97 Å². The number of para-hydroxylation sites is 1. The van der Waals surface area contributed by atoms with Crippen LogP contribution in [0, 0.1) is 0 Å². The van der Waals surface area contributed by atoms with Gasteiger partial charge in [0.15, 0.2) is 5.17 Å². The summed E-state index contributed by atoms with van der Waals surface area (Å²) in [7, 11) is 1.34. The third kappa shape index (κ3) is 4.97. The molecule has 1 amide bonds. The fraction of sp³-hybridized carbons (Fsp3) is 0.0741. The van der Waals surface area contributed by atoms with E-state index in [4.69, 9.17) is 13.6 Å². The maximum Gasteiger partial charge on any atom is 0.337 e. The summed E-state index contributed by atoms with van der Waals surface area (Å²) in [5, 5.41) is 0.564. The van der Waals surface area contributed by atoms with Crippen molar-refractivity contribution in [3.05, 3.63) is 107 Å². The molecule has 0 N–H and O–H groups in total. The first-order valence-corrected chi connectivity index (χ1v) is 11.6. The van der Waals surface area contributed by atoms with Crippen LogP contribution in [0.3, 0.4) is 0 Å². The summed E-state index contributed by atoms with van der Waals surface area (Å²) in [6, 6.07) is 23.6. The molecule has 3 heterocycles. The SMILES string of the molecule is COC(=O)c1ccc(-c2ccc(/C=C3\SC(=Nc4ccccc4)N(Cc4ccco4)C3=O)o2)cc1. The van der Waals surface area contributed by atoms with Crippen LogP contribution in [0.2, 0.25) is 0 Å². The summed E-state index contributed by atoms with van der Waals surface area (Å²) in [6.45, 7) is 0.276. The Morgan fingerprint density at radius 1 is 1.03 bits per heavy atom. The quantitative estimate of drug-likeness (QED) is 0.242. The molecule has 8 heteroatoms. The van der Waals surface area contributed by atoms with Crippen LogP contribution >= 0.6 is 11.8 Å². The van der Waals surface area contributed by atoms with Gasteiger partial charge in [0.2, 0.25) is 0 Å². The first kappa shape index (κ1) is 22.5. The lowest BCUT2D eigenvalue weighted by Crippen LogP contribution is -2.28. The van der Waals surface area contributed by atoms with Gasteiger partial charge in [-0.3, -0.25) is 9.69 Å². The molecule has 1 aliphatic heterocycles. The van der Waals surface area contributed by atoms with Gasteiger partial charge in [-0.05, 0) is 60.3 Å². The highest BCUT2D eigenvalue weighted by molar-refractivity contribution is 8.18. The van der Waals surface area contributed by atoms with E-state index < -0.39 is 5.97 Å². The van der Waals surface area contributed by atoms with Gasteiger partial charge in [-0.15, -0.1) is 0 Å². The summed E-state index contributed by atoms with van der Waals surface area (Å²) in [5.41, 5.74) is 2.02. The summed E-state index contributed by atoms with van der Waals surface area (Å²) in [5.74, 6) is 1.24. The largest absolute Gasteiger partial charge is 0.467 e. The van der Waals surface area contributed by atoms with E-state index in [1.54, 1.807) is 53.6 Å². The number of esters is 1. The molecule has 7 nitrogen and oxygen atoms in total. The minimum atomic E-state index is -0.398. The number of ether oxygens (including phenoxy) is 1. The summed E-state index contributed by atoms with van der Waals surface area (Å²) >= 11 is 1.29. The molecule has 0 atom stereocenters. The molecule has 1 fully saturated rings. The van der Waals surface area contributed by atoms with E-state index in [2.05, 4.69) is 4.99 Å². The third-order valence-electron chi connectivity index (χ3n) is 5.25. The maximum absolute atomic E-state index is 13.3. The molecule has 0 spiro atoms. The van der Waals surface area contributed by atoms with Gasteiger partial charge in [0.25, 0.3) is 5.91 Å². The maximum atomic E-state index is 13.3. The lowest BCUT2D eigenvalue weighted by molar-refractivity contribution is -0.122. The van der Waals surface area contributed by atoms with Crippen molar-refractivity contribution in [3.63, 3.8) is 0 Å². The molecule has 5 rings (SSSR count). The molecule has 35 heavy (non-hydrogen) atoms. The van der Waals surface area contributed by atoms with E-state index in [0.29, 0.717) is 32.9 Å². The number of thioether (sulfide) groups is 1. The van der Waals surface area contributed by atoms with Gasteiger partial charge in [0.1, 0.15) is 17.3 Å². The first-order valence-electron chi connectivity index (χ1n) is 10.8. The fourth-order valence-electron chi connectivity index (χ4n) is 3.51. The molecule has 174 valence electrons. The summed E-state index contributed by atoms with van der Waals surface area (Å²) < 4.78 is 16.2. The molecule has 0 unspecified atom stereocenters. The lowest BCUT2D eigenvalue weighted by atomic mass is 10.1. The molecular weight excluding hydrogens is 464 g/mol. The first-order chi connectivity index (χ1) is 17.1. The fourth-order valence-corrected chi connectivity index (χ4v) is 4.48. The number of nitrogens with zero attached hydrogens (tertiary/aromatic N) is 2. The van der Waals surface area contributed by atoms with E-state index in [1.807, 2.05) is 42.5 Å². The predicted molar refractivity (Wildman–Crippen MR) is 134 cm³/mol. The Hall–Kier alpha value is -4.30. The molecule has 1 saturated heterocycles. The number of rotatable bonds is 6. The van der Waals surface area contributed by atoms with Gasteiger partial charge in [-0.25, -0.2) is 9.79 Å². The van der Waals surface area contributed by atoms with Crippen LogP contribution in [0.1, 0.15) is 21.9 Å². The molecule has 1 aliphatic rings. The standard InChI is InChI=1S/C27H20N2O5S/c1-32-26(31)19-11-9-18(10-12-19)23-14-13-21(34-23)16-24-25(30)29(17-22-8-5-15-33-22)27(35-24)28-20-6-3-2-4-7-20/h2-16H,17H2,1H3/b24-16-,28-27?. The van der Waals surface area contributed by atoms with Crippen LogP contribution in [-0.4, -0.2) is 29.1 Å². The molecule has 0 bridgehead atoms. The van der Waals surface area contributed by atoms with Crippen molar-refractivity contribution >= 4 is 40.6 Å². The zero-order valence-electron chi connectivity index (χ0n) is 18.7. The molecular formula is C27H20N2O5S. The van der Waals surface area contributed by atoms with Gasteiger partial charge in [-0.1, -0.05) is 30.3 Å². The van der Waals surface area contributed by atoms with Crippen LogP contribution in [-0.2, 0) is 16.1 Å². The number of methoxy groups -OCH3 is 1. The predicted octanol–water partition coefficient (Wildman–Crippen LogP) is 6.13. The highest BCUT2D eigenvalue weighted by Gasteiger charge is 2.34. The van der Waals surface area contributed by atoms with Crippen molar-refractivity contribution in [1.82, 2.24) is 4.90 Å². The number of carbonyl (C=O) groups is 2. The number of amides is 1. The van der Waals surface area contributed by atoms with Crippen LogP contribution in [0.4, 0.5) is 5.69 Å². The highest BCUT2D eigenvalue weighted by atomic mass is 32.2. The number of carbonyl (C=O) groups excluding carboxylic acids is 2. The Morgan fingerprint density at radius 3 is 2.54 bits per heavy atom. The van der Waals surface area contributed by atoms with Crippen LogP contribution in [0.15, 0.2) is 104 Å². The van der Waals surface area contributed by atoms with Crippen molar-refractivity contribution in [1.29, 1.82) is 0 Å². The lowest BCUT2D eigenvalue weighted by Gasteiger charge is -2.13. The van der Waals surface area contributed by atoms with Gasteiger partial charge < -0.3 is 13.6 Å². The average Bonchev–Trinajstić information content (AvgIpc) is 3.64. The Labute approximate surface area is 205 Å². The zero-order valence-corrected chi connectivity index (χ0v) is 19.5. The second-order valence-electron chi connectivity index (χ2n) is 7.58. The van der Waals surface area contributed by atoms with Crippen molar-refractivity contribution in [3.8, 4) is 11.3 Å². The van der Waals surface area contributed by atoms with Crippen molar-refractivity contribution in [2.45, 2.75) is 6.54 Å². The minimum Gasteiger partial charge on any atom is -0.467 e. The van der Waals surface area contributed by atoms with Crippen LogP contribution < -0.4 is 0 Å². The van der Waals surface area contributed by atoms with Crippen molar-refractivity contribution in [2.75, 3.05) is 7.11 Å². The molecule has 0 aliphatic carbocycles. The molecule has 2 aromatic carbocycles. The van der Waals surface area contributed by atoms with Crippen molar-refractivity contribution in [2.24, 2.45) is 4.99 Å². The number of benzene rings is 2. The van der Waals surface area contributed by atoms with E-state index in [9.17, 15) is 9.59 Å². The second kappa shape index (κ2) is 9.90. The number of amidine groups is 1. The van der Waals surface area contributed by atoms with Gasteiger partial charge in [0.05, 0.1) is 36.1 Å². The average molecular weight is 485 g/mol. The third-order valence-corrected chi connectivity index (χ3v) is 6.26. The van der Waals surface area contributed by atoms with Crippen LogP contribution in [0.5, 0.6) is 0 Å². The van der Waals surface area contributed by atoms with Crippen molar-refractivity contribution < 1.29 is 23.2 Å². The zero-order chi connectivity index (χ0) is 24.2. The Bertz CT molecular complexity index is 1400. The number of aliphatic imine (C=N–C) groups is 1. The minimum absolute atomic E-state index is 0.179. The Balaban J connectivity index is 1.41. The molecule has 0 saturated carbocycles. The van der Waals surface area contributed by atoms with E-state index in [1.165, 1.54) is 18.9 Å². The summed E-state index contributed by atoms with van der Waals surface area (Å²) in [4.78, 5) is 31.7. The number of hydrogen-bond donors (Lipinski definition) is 0. The topological polar surface area (TPSA) is 85.2 Å². The number of furan rings is 2. The molecule has 2 aromatic heterocycles. The van der Waals surface area contributed by atoms with E-state index in [-0.39, 0.29) is 12.5 Å². The van der Waals surface area contributed by atoms with Crippen LogP contribution in [0.25, 0.3) is 17.4 Å². The van der Waals surface area contributed by atoms with Gasteiger partial charge in [-0.2, -0.15) is 0 Å². The Morgan fingerprint density at radius 2 is 1.83 bits per heavy atom. The summed E-state index contributed by atoms with van der Waals surface area (Å²) in [6.07, 6.45) is 3.29. The molecule has 4 aromatic rings. The Kier molecular flexibility index (Phi) is 6.36. The van der Waals surface area contributed by atoms with E-state index >= 15 is 0 Å². The smallest absolute Gasteiger partial charge is 0.337 e. The monoisotopic (exact) mass is 484 g/mol.